The molecule has 0 aliphatic rings. The van der Waals surface area contributed by atoms with Gasteiger partial charge in [0, 0.05) is 25.9 Å². The van der Waals surface area contributed by atoms with Crippen LogP contribution in [0.2, 0.25) is 0 Å². The Morgan fingerprint density at radius 1 is 1.50 bits per heavy atom. The molecule has 7 heteroatoms. The first-order valence-electron chi connectivity index (χ1n) is 4.79. The number of hydrogen-bond acceptors (Lipinski definition) is 4. The van der Waals surface area contributed by atoms with Crippen LogP contribution in [0.5, 0.6) is 0 Å². The molecule has 1 rings (SSSR count). The fourth-order valence-electron chi connectivity index (χ4n) is 1.23. The van der Waals surface area contributed by atoms with Crippen molar-refractivity contribution >= 4 is 15.8 Å². The zero-order valence-corrected chi connectivity index (χ0v) is 9.77. The van der Waals surface area contributed by atoms with Crippen LogP contribution in [0.15, 0.2) is 12.4 Å². The van der Waals surface area contributed by atoms with Crippen LogP contribution in [0.1, 0.15) is 12.2 Å². The van der Waals surface area contributed by atoms with Gasteiger partial charge in [0.25, 0.3) is 0 Å². The fourth-order valence-corrected chi connectivity index (χ4v) is 2.41. The van der Waals surface area contributed by atoms with Gasteiger partial charge in [-0.2, -0.15) is 0 Å². The summed E-state index contributed by atoms with van der Waals surface area (Å²) in [4.78, 5) is 14.2. The van der Waals surface area contributed by atoms with Gasteiger partial charge in [-0.15, -0.1) is 0 Å². The van der Waals surface area contributed by atoms with Crippen LogP contribution in [0.4, 0.5) is 0 Å². The van der Waals surface area contributed by atoms with E-state index >= 15 is 0 Å². The maximum atomic E-state index is 11.4. The number of aryl methyl sites for hydroxylation is 2. The third kappa shape index (κ3) is 4.01. The van der Waals surface area contributed by atoms with Gasteiger partial charge in [-0.3, -0.25) is 4.79 Å². The Hall–Kier alpha value is -1.37. The molecular formula is C9H14N2O4S. The van der Waals surface area contributed by atoms with E-state index in [4.69, 9.17) is 5.11 Å². The highest BCUT2D eigenvalue weighted by molar-refractivity contribution is 7.91. The van der Waals surface area contributed by atoms with Crippen LogP contribution in [-0.2, 0) is 28.1 Å². The molecule has 1 aromatic heterocycles. The van der Waals surface area contributed by atoms with Crippen molar-refractivity contribution in [1.29, 1.82) is 0 Å². The third-order valence-corrected chi connectivity index (χ3v) is 3.84. The molecule has 16 heavy (non-hydrogen) atoms. The highest BCUT2D eigenvalue weighted by Gasteiger charge is 2.14. The molecule has 6 nitrogen and oxygen atoms in total. The monoisotopic (exact) mass is 246 g/mol. The van der Waals surface area contributed by atoms with Gasteiger partial charge in [0.05, 0.1) is 17.9 Å². The maximum Gasteiger partial charge on any atom is 0.304 e. The lowest BCUT2D eigenvalue weighted by molar-refractivity contribution is -0.136. The molecule has 0 bridgehead atoms. The third-order valence-electron chi connectivity index (χ3n) is 2.18. The first-order valence-corrected chi connectivity index (χ1v) is 6.61. The molecule has 0 saturated heterocycles. The molecule has 0 aliphatic carbocycles. The molecular weight excluding hydrogens is 232 g/mol. The standard InChI is InChI=1S/C9H14N2O4S/c1-11-5-4-10-8(11)2-6-16(14,15)7-3-9(12)13/h4-5H,2-3,6-7H2,1H3,(H,12,13). The zero-order chi connectivity index (χ0) is 12.2. The number of sulfone groups is 1. The number of aromatic nitrogens is 2. The lowest BCUT2D eigenvalue weighted by Crippen LogP contribution is -2.17. The van der Waals surface area contributed by atoms with E-state index in [9.17, 15) is 13.2 Å². The Morgan fingerprint density at radius 2 is 2.19 bits per heavy atom. The highest BCUT2D eigenvalue weighted by atomic mass is 32.2. The number of carbonyl (C=O) groups is 1. The van der Waals surface area contributed by atoms with Gasteiger partial charge in [0.2, 0.25) is 0 Å². The van der Waals surface area contributed by atoms with Crippen LogP contribution in [0, 0.1) is 0 Å². The Labute approximate surface area is 93.8 Å². The first-order chi connectivity index (χ1) is 7.41. The number of nitrogens with zero attached hydrogens (tertiary/aromatic N) is 2. The smallest absolute Gasteiger partial charge is 0.304 e. The normalized spacial score (nSPS) is 11.6. The lowest BCUT2D eigenvalue weighted by Gasteiger charge is -2.03. The van der Waals surface area contributed by atoms with E-state index in [-0.39, 0.29) is 17.9 Å². The zero-order valence-electron chi connectivity index (χ0n) is 8.96. The molecule has 1 aromatic rings. The van der Waals surface area contributed by atoms with Gasteiger partial charge in [0.15, 0.2) is 9.84 Å². The van der Waals surface area contributed by atoms with Gasteiger partial charge >= 0.3 is 5.97 Å². The average molecular weight is 246 g/mol. The largest absolute Gasteiger partial charge is 0.481 e. The second-order valence-electron chi connectivity index (χ2n) is 3.50. The van der Waals surface area contributed by atoms with Crippen LogP contribution in [0.3, 0.4) is 0 Å². The van der Waals surface area contributed by atoms with E-state index in [0.717, 1.165) is 0 Å². The quantitative estimate of drug-likeness (QED) is 0.754. The number of carboxylic acids is 1. The Balaban J connectivity index is 2.48. The van der Waals surface area contributed by atoms with Crippen LogP contribution in [0.25, 0.3) is 0 Å². The molecule has 0 saturated carbocycles. The maximum absolute atomic E-state index is 11.4. The molecule has 0 unspecified atom stereocenters. The summed E-state index contributed by atoms with van der Waals surface area (Å²) in [6.45, 7) is 0. The number of aliphatic carboxylic acids is 1. The van der Waals surface area contributed by atoms with Crippen molar-refractivity contribution in [3.05, 3.63) is 18.2 Å². The minimum atomic E-state index is -3.30. The van der Waals surface area contributed by atoms with Crippen molar-refractivity contribution in [2.24, 2.45) is 7.05 Å². The van der Waals surface area contributed by atoms with E-state index in [1.807, 2.05) is 0 Å². The van der Waals surface area contributed by atoms with Gasteiger partial charge in [-0.25, -0.2) is 13.4 Å². The second kappa shape index (κ2) is 5.11. The van der Waals surface area contributed by atoms with E-state index in [0.29, 0.717) is 12.2 Å². The van der Waals surface area contributed by atoms with E-state index in [1.54, 1.807) is 24.0 Å². The molecule has 0 spiro atoms. The van der Waals surface area contributed by atoms with Gasteiger partial charge in [-0.1, -0.05) is 0 Å². The van der Waals surface area contributed by atoms with Crippen molar-refractivity contribution in [3.63, 3.8) is 0 Å². The molecule has 1 heterocycles. The summed E-state index contributed by atoms with van der Waals surface area (Å²) in [6, 6.07) is 0. The number of rotatable bonds is 6. The number of hydrogen-bond donors (Lipinski definition) is 1. The lowest BCUT2D eigenvalue weighted by atomic mass is 10.4. The summed E-state index contributed by atoms with van der Waals surface area (Å²) in [5.41, 5.74) is 0. The van der Waals surface area contributed by atoms with Crippen molar-refractivity contribution < 1.29 is 18.3 Å². The molecule has 0 aromatic carbocycles. The number of imidazole rings is 1. The van der Waals surface area contributed by atoms with E-state index in [1.165, 1.54) is 0 Å². The molecule has 1 N–H and O–H groups in total. The predicted octanol–water partition coefficient (Wildman–Crippen LogP) is -0.148. The fraction of sp³-hybridized carbons (Fsp3) is 0.556. The van der Waals surface area contributed by atoms with Gasteiger partial charge in [0.1, 0.15) is 5.82 Å². The van der Waals surface area contributed by atoms with Crippen molar-refractivity contribution in [1.82, 2.24) is 9.55 Å². The summed E-state index contributed by atoms with van der Waals surface area (Å²) in [5.74, 6) is -0.794. The minimum Gasteiger partial charge on any atom is -0.481 e. The SMILES string of the molecule is Cn1ccnc1CCS(=O)(=O)CCC(=O)O. The highest BCUT2D eigenvalue weighted by Crippen LogP contribution is 2.01. The summed E-state index contributed by atoms with van der Waals surface area (Å²) in [5, 5.41) is 8.39. The van der Waals surface area contributed by atoms with Crippen LogP contribution >= 0.6 is 0 Å². The van der Waals surface area contributed by atoms with Crippen molar-refractivity contribution in [2.45, 2.75) is 12.8 Å². The Bertz CT molecular complexity index is 464. The molecule has 0 radical (unpaired) electrons. The summed E-state index contributed by atoms with van der Waals surface area (Å²) < 4.78 is 24.6. The van der Waals surface area contributed by atoms with Crippen molar-refractivity contribution in [3.8, 4) is 0 Å². The Kier molecular flexibility index (Phi) is 4.05. The molecule has 0 amide bonds. The molecule has 0 atom stereocenters. The average Bonchev–Trinajstić information content (AvgIpc) is 2.59. The van der Waals surface area contributed by atoms with Crippen LogP contribution in [-0.4, -0.2) is 40.6 Å². The summed E-state index contributed by atoms with van der Waals surface area (Å²) in [6.07, 6.45) is 3.30. The van der Waals surface area contributed by atoms with Crippen LogP contribution < -0.4 is 0 Å². The topological polar surface area (TPSA) is 89.3 Å². The van der Waals surface area contributed by atoms with Gasteiger partial charge in [-0.05, 0) is 0 Å². The molecule has 0 fully saturated rings. The van der Waals surface area contributed by atoms with Crippen molar-refractivity contribution in [2.75, 3.05) is 11.5 Å². The summed E-state index contributed by atoms with van der Waals surface area (Å²) in [7, 11) is -1.52. The molecule has 0 aliphatic heterocycles. The summed E-state index contributed by atoms with van der Waals surface area (Å²) >= 11 is 0. The first kappa shape index (κ1) is 12.7. The minimum absolute atomic E-state index is 0.0644. The number of carboxylic acid groups (broad SMARTS) is 1. The molecule has 90 valence electrons. The van der Waals surface area contributed by atoms with E-state index in [2.05, 4.69) is 4.98 Å². The van der Waals surface area contributed by atoms with Gasteiger partial charge < -0.3 is 9.67 Å². The van der Waals surface area contributed by atoms with E-state index < -0.39 is 15.8 Å². The second-order valence-corrected chi connectivity index (χ2v) is 5.80. The predicted molar refractivity (Wildman–Crippen MR) is 57.8 cm³/mol. The Morgan fingerprint density at radius 3 is 2.69 bits per heavy atom.